The van der Waals surface area contributed by atoms with Gasteiger partial charge in [-0.2, -0.15) is 5.10 Å². The summed E-state index contributed by atoms with van der Waals surface area (Å²) in [6.07, 6.45) is 7.46. The minimum Gasteiger partial charge on any atom is -0.289 e. The van der Waals surface area contributed by atoms with Gasteiger partial charge >= 0.3 is 0 Å². The number of para-hydroxylation sites is 1. The molecule has 4 aromatic rings. The van der Waals surface area contributed by atoms with Crippen LogP contribution in [0.4, 0.5) is 0 Å². The second-order valence-electron chi connectivity index (χ2n) is 7.83. The van der Waals surface area contributed by atoms with E-state index in [-0.39, 0.29) is 0 Å². The van der Waals surface area contributed by atoms with Gasteiger partial charge < -0.3 is 0 Å². The van der Waals surface area contributed by atoms with Crippen LogP contribution in [0.2, 0.25) is 0 Å². The van der Waals surface area contributed by atoms with Gasteiger partial charge in [0.1, 0.15) is 0 Å². The fourth-order valence-electron chi connectivity index (χ4n) is 5.04. The zero-order chi connectivity index (χ0) is 18.0. The van der Waals surface area contributed by atoms with Crippen LogP contribution in [0.5, 0.6) is 0 Å². The molecule has 2 aliphatic rings. The van der Waals surface area contributed by atoms with Crippen molar-refractivity contribution in [2.24, 2.45) is 0 Å². The Morgan fingerprint density at radius 2 is 2.04 bits per heavy atom. The maximum Gasteiger partial charge on any atom is 0.155 e. The first-order valence-electron chi connectivity index (χ1n) is 9.70. The fourth-order valence-corrected chi connectivity index (χ4v) is 5.04. The third-order valence-corrected chi connectivity index (χ3v) is 6.24. The summed E-state index contributed by atoms with van der Waals surface area (Å²) in [6, 6.07) is 13.7. The molecule has 1 saturated heterocycles. The van der Waals surface area contributed by atoms with Crippen molar-refractivity contribution in [3.8, 4) is 0 Å². The number of benzene rings is 1. The summed E-state index contributed by atoms with van der Waals surface area (Å²) in [4.78, 5) is 12.0. The lowest BCUT2D eigenvalue weighted by molar-refractivity contribution is 0.165. The topological polar surface area (TPSA) is 46.3 Å². The first-order chi connectivity index (χ1) is 13.3. The summed E-state index contributed by atoms with van der Waals surface area (Å²) in [7, 11) is 0. The Morgan fingerprint density at radius 1 is 1.11 bits per heavy atom. The van der Waals surface area contributed by atoms with Gasteiger partial charge in [-0.05, 0) is 31.4 Å². The molecule has 0 N–H and O–H groups in total. The number of pyridine rings is 1. The molecule has 2 aliphatic heterocycles. The Kier molecular flexibility index (Phi) is 3.17. The van der Waals surface area contributed by atoms with Crippen molar-refractivity contribution < 1.29 is 0 Å². The van der Waals surface area contributed by atoms with Gasteiger partial charge in [0.05, 0.1) is 16.9 Å². The van der Waals surface area contributed by atoms with Gasteiger partial charge in [-0.3, -0.25) is 9.88 Å². The molecule has 27 heavy (non-hydrogen) atoms. The van der Waals surface area contributed by atoms with Crippen molar-refractivity contribution >= 4 is 16.6 Å². The van der Waals surface area contributed by atoms with E-state index >= 15 is 0 Å². The first kappa shape index (κ1) is 15.3. The quantitative estimate of drug-likeness (QED) is 0.548. The Hall–Kier alpha value is -2.79. The number of nitrogens with zero attached hydrogens (tertiary/aromatic N) is 5. The van der Waals surface area contributed by atoms with Crippen LogP contribution in [0.15, 0.2) is 48.8 Å². The third kappa shape index (κ3) is 2.24. The van der Waals surface area contributed by atoms with Crippen molar-refractivity contribution in [2.75, 3.05) is 0 Å². The zero-order valence-electron chi connectivity index (χ0n) is 15.3. The number of rotatable bonds is 2. The Labute approximate surface area is 157 Å². The predicted octanol–water partition coefficient (Wildman–Crippen LogP) is 3.85. The molecule has 134 valence electrons. The van der Waals surface area contributed by atoms with Gasteiger partial charge in [-0.15, -0.1) is 0 Å². The highest BCUT2D eigenvalue weighted by Gasteiger charge is 2.41. The molecule has 2 atom stereocenters. The highest BCUT2D eigenvalue weighted by atomic mass is 15.3. The van der Waals surface area contributed by atoms with Crippen LogP contribution in [0.1, 0.15) is 41.4 Å². The average molecular weight is 355 g/mol. The second kappa shape index (κ2) is 5.60. The van der Waals surface area contributed by atoms with E-state index in [2.05, 4.69) is 55.9 Å². The van der Waals surface area contributed by atoms with Crippen LogP contribution in [0, 0.1) is 6.92 Å². The van der Waals surface area contributed by atoms with Crippen molar-refractivity contribution in [1.29, 1.82) is 0 Å². The van der Waals surface area contributed by atoms with Crippen LogP contribution < -0.4 is 0 Å². The van der Waals surface area contributed by atoms with Crippen molar-refractivity contribution in [2.45, 2.75) is 44.8 Å². The van der Waals surface area contributed by atoms with E-state index in [1.165, 1.54) is 35.0 Å². The minimum absolute atomic E-state index is 0.430. The normalized spacial score (nSPS) is 21.8. The monoisotopic (exact) mass is 355 g/mol. The Bertz CT molecular complexity index is 1170. The zero-order valence-corrected chi connectivity index (χ0v) is 15.3. The van der Waals surface area contributed by atoms with Crippen LogP contribution in [-0.2, 0) is 13.0 Å². The van der Waals surface area contributed by atoms with E-state index in [4.69, 9.17) is 5.10 Å². The summed E-state index contributed by atoms with van der Waals surface area (Å²) in [5.41, 5.74) is 7.16. The number of hydrogen-bond donors (Lipinski definition) is 0. The molecule has 6 rings (SSSR count). The van der Waals surface area contributed by atoms with Gasteiger partial charge in [0.15, 0.2) is 5.65 Å². The Morgan fingerprint density at radius 3 is 3.00 bits per heavy atom. The van der Waals surface area contributed by atoms with Gasteiger partial charge in [-0.25, -0.2) is 9.50 Å². The van der Waals surface area contributed by atoms with Crippen LogP contribution in [0.3, 0.4) is 0 Å². The number of fused-ring (bicyclic) bond motifs is 7. The lowest BCUT2D eigenvalue weighted by atomic mass is 9.98. The smallest absolute Gasteiger partial charge is 0.155 e. The summed E-state index contributed by atoms with van der Waals surface area (Å²) < 4.78 is 2.08. The largest absolute Gasteiger partial charge is 0.289 e. The minimum atomic E-state index is 0.430. The lowest BCUT2D eigenvalue weighted by Gasteiger charge is -2.36. The summed E-state index contributed by atoms with van der Waals surface area (Å²) >= 11 is 0. The van der Waals surface area contributed by atoms with E-state index in [1.54, 1.807) is 0 Å². The van der Waals surface area contributed by atoms with E-state index in [0.717, 1.165) is 29.8 Å². The van der Waals surface area contributed by atoms with Crippen LogP contribution in [0.25, 0.3) is 16.6 Å². The van der Waals surface area contributed by atoms with Gasteiger partial charge in [-0.1, -0.05) is 24.3 Å². The molecule has 1 fully saturated rings. The highest BCUT2D eigenvalue weighted by Crippen LogP contribution is 2.44. The summed E-state index contributed by atoms with van der Waals surface area (Å²) in [6.45, 7) is 2.98. The molecule has 5 heteroatoms. The molecule has 0 amide bonds. The van der Waals surface area contributed by atoms with E-state index in [0.29, 0.717) is 12.1 Å². The predicted molar refractivity (Wildman–Crippen MR) is 104 cm³/mol. The van der Waals surface area contributed by atoms with Crippen LogP contribution in [-0.4, -0.2) is 30.5 Å². The van der Waals surface area contributed by atoms with E-state index in [9.17, 15) is 0 Å². The van der Waals surface area contributed by atoms with Crippen molar-refractivity contribution in [3.63, 3.8) is 0 Å². The summed E-state index contributed by atoms with van der Waals surface area (Å²) in [5.74, 6) is 0. The second-order valence-corrected chi connectivity index (χ2v) is 7.83. The third-order valence-electron chi connectivity index (χ3n) is 6.24. The molecular weight excluding hydrogens is 334 g/mol. The molecule has 5 nitrogen and oxygen atoms in total. The van der Waals surface area contributed by atoms with Crippen LogP contribution >= 0.6 is 0 Å². The molecule has 5 heterocycles. The van der Waals surface area contributed by atoms with E-state index < -0.39 is 0 Å². The molecule has 0 radical (unpaired) electrons. The van der Waals surface area contributed by atoms with Crippen molar-refractivity contribution in [1.82, 2.24) is 24.5 Å². The maximum absolute atomic E-state index is 4.70. The molecule has 3 aromatic heterocycles. The molecule has 2 unspecified atom stereocenters. The Balaban J connectivity index is 1.42. The molecule has 0 aliphatic carbocycles. The van der Waals surface area contributed by atoms with Gasteiger partial charge in [0.2, 0.25) is 0 Å². The number of hydrogen-bond acceptors (Lipinski definition) is 4. The van der Waals surface area contributed by atoms with Gasteiger partial charge in [0, 0.05) is 54.5 Å². The van der Waals surface area contributed by atoms with Gasteiger partial charge in [0.25, 0.3) is 0 Å². The highest BCUT2D eigenvalue weighted by molar-refractivity contribution is 5.81. The molecule has 0 spiro atoms. The standard InChI is InChI=1S/C22H21N5/c1-14-10-21-24-12-18-19-8-7-17(11-20(18)27(21)25-14)26(19)13-16-5-2-4-15-6-3-9-23-22(15)16/h2-6,9-10,12,17,19H,7-8,11,13H2,1H3. The maximum atomic E-state index is 4.70. The fraction of sp³-hybridized carbons (Fsp3) is 0.318. The SMILES string of the molecule is Cc1cc2ncc3c(n2n1)CC1CCC3N1Cc1cccc2cccnc12. The average Bonchev–Trinajstić information content (AvgIpc) is 3.20. The number of aryl methyl sites for hydroxylation is 1. The first-order valence-corrected chi connectivity index (χ1v) is 9.70. The number of aromatic nitrogens is 4. The van der Waals surface area contributed by atoms with E-state index in [1.807, 2.05) is 19.2 Å². The molecule has 2 bridgehead atoms. The lowest BCUT2D eigenvalue weighted by Crippen LogP contribution is -2.38. The molecule has 0 saturated carbocycles. The van der Waals surface area contributed by atoms with Crippen molar-refractivity contribution in [3.05, 3.63) is 71.3 Å². The molecular formula is C22H21N5. The molecule has 1 aromatic carbocycles. The summed E-state index contributed by atoms with van der Waals surface area (Å²) in [5, 5.41) is 5.92.